The van der Waals surface area contributed by atoms with Gasteiger partial charge >= 0.3 is 0 Å². The van der Waals surface area contributed by atoms with Crippen LogP contribution in [0.5, 0.6) is 0 Å². The van der Waals surface area contributed by atoms with Crippen molar-refractivity contribution < 1.29 is 4.79 Å². The Morgan fingerprint density at radius 1 is 1.16 bits per heavy atom. The fraction of sp³-hybridized carbons (Fsp3) is 0.579. The number of guanidine groups is 1. The van der Waals surface area contributed by atoms with Crippen LogP contribution >= 0.6 is 24.0 Å². The molecule has 0 saturated heterocycles. The molecule has 0 aliphatic rings. The van der Waals surface area contributed by atoms with Crippen LogP contribution in [0.4, 0.5) is 0 Å². The summed E-state index contributed by atoms with van der Waals surface area (Å²) in [4.78, 5) is 15.7. The van der Waals surface area contributed by atoms with Crippen LogP contribution in [0.1, 0.15) is 62.9 Å². The van der Waals surface area contributed by atoms with Crippen molar-refractivity contribution in [2.75, 3.05) is 6.54 Å². The van der Waals surface area contributed by atoms with Gasteiger partial charge in [-0.1, -0.05) is 38.8 Å². The van der Waals surface area contributed by atoms with Crippen LogP contribution < -0.4 is 16.4 Å². The first-order valence-corrected chi connectivity index (χ1v) is 8.86. The molecule has 4 N–H and O–H groups in total. The van der Waals surface area contributed by atoms with Crippen molar-refractivity contribution in [1.82, 2.24) is 10.6 Å². The number of carbonyl (C=O) groups is 1. The highest BCUT2D eigenvalue weighted by Gasteiger charge is 2.06. The summed E-state index contributed by atoms with van der Waals surface area (Å²) < 4.78 is 0. The van der Waals surface area contributed by atoms with Gasteiger partial charge in [0.05, 0.1) is 6.54 Å². The van der Waals surface area contributed by atoms with Crippen LogP contribution in [-0.4, -0.2) is 24.5 Å². The Labute approximate surface area is 169 Å². The normalized spacial score (nSPS) is 12.4. The van der Waals surface area contributed by atoms with E-state index < -0.39 is 5.91 Å². The third-order valence-corrected chi connectivity index (χ3v) is 3.80. The number of nitrogens with two attached hydrogens (primary N) is 1. The van der Waals surface area contributed by atoms with Crippen molar-refractivity contribution in [1.29, 1.82) is 0 Å². The van der Waals surface area contributed by atoms with E-state index in [1.165, 1.54) is 12.8 Å². The van der Waals surface area contributed by atoms with E-state index in [-0.39, 0.29) is 24.0 Å². The van der Waals surface area contributed by atoms with Crippen LogP contribution in [0.25, 0.3) is 0 Å². The largest absolute Gasteiger partial charge is 0.366 e. The first-order chi connectivity index (χ1) is 11.4. The summed E-state index contributed by atoms with van der Waals surface area (Å²) in [5.41, 5.74) is 6.82. The zero-order chi connectivity index (χ0) is 17.9. The van der Waals surface area contributed by atoms with Gasteiger partial charge in [-0.15, -0.1) is 24.0 Å². The predicted molar refractivity (Wildman–Crippen MR) is 116 cm³/mol. The Balaban J connectivity index is 0.00000576. The number of primary amides is 1. The van der Waals surface area contributed by atoms with E-state index in [0.29, 0.717) is 18.2 Å². The zero-order valence-corrected chi connectivity index (χ0v) is 18.2. The van der Waals surface area contributed by atoms with E-state index in [9.17, 15) is 4.79 Å². The summed E-state index contributed by atoms with van der Waals surface area (Å²) in [5.74, 6) is 1.17. The van der Waals surface area contributed by atoms with Crippen LogP contribution in [0, 0.1) is 5.92 Å². The maximum atomic E-state index is 11.1. The molecule has 1 unspecified atom stereocenters. The van der Waals surface area contributed by atoms with Crippen molar-refractivity contribution in [2.45, 2.75) is 59.5 Å². The summed E-state index contributed by atoms with van der Waals surface area (Å²) in [5, 5.41) is 6.73. The minimum atomic E-state index is -0.407. The fourth-order valence-electron chi connectivity index (χ4n) is 2.40. The summed E-state index contributed by atoms with van der Waals surface area (Å²) in [6.45, 7) is 10.1. The van der Waals surface area contributed by atoms with Gasteiger partial charge in [0.2, 0.25) is 5.91 Å². The fourth-order valence-corrected chi connectivity index (χ4v) is 2.40. The number of hydrogen-bond acceptors (Lipinski definition) is 2. The molecule has 1 aromatic rings. The van der Waals surface area contributed by atoms with Gasteiger partial charge in [-0.25, -0.2) is 4.99 Å². The molecule has 0 saturated carbocycles. The Kier molecular flexibility index (Phi) is 12.3. The molecule has 25 heavy (non-hydrogen) atoms. The van der Waals surface area contributed by atoms with E-state index in [0.717, 1.165) is 30.4 Å². The molecule has 0 aliphatic carbocycles. The van der Waals surface area contributed by atoms with Crippen molar-refractivity contribution in [3.05, 3.63) is 35.4 Å². The van der Waals surface area contributed by atoms with Crippen LogP contribution in [-0.2, 0) is 6.54 Å². The molecule has 1 aromatic carbocycles. The van der Waals surface area contributed by atoms with Gasteiger partial charge < -0.3 is 16.4 Å². The topological polar surface area (TPSA) is 79.5 Å². The molecule has 6 heteroatoms. The molecular formula is C19H33IN4O. The number of benzene rings is 1. The van der Waals surface area contributed by atoms with Gasteiger partial charge in [0.15, 0.2) is 5.96 Å². The number of hydrogen-bond donors (Lipinski definition) is 3. The highest BCUT2D eigenvalue weighted by atomic mass is 127. The number of nitrogens with one attached hydrogen (secondary N) is 2. The zero-order valence-electron chi connectivity index (χ0n) is 15.8. The highest BCUT2D eigenvalue weighted by Crippen LogP contribution is 2.08. The molecule has 1 atom stereocenters. The third-order valence-electron chi connectivity index (χ3n) is 3.80. The molecule has 0 fully saturated rings. The first kappa shape index (κ1) is 23.7. The second kappa shape index (κ2) is 13.0. The minimum Gasteiger partial charge on any atom is -0.366 e. The molecule has 5 nitrogen and oxygen atoms in total. The number of halogens is 1. The summed E-state index contributed by atoms with van der Waals surface area (Å²) >= 11 is 0. The monoisotopic (exact) mass is 460 g/mol. The number of nitrogens with zero attached hydrogens (tertiary/aromatic N) is 1. The van der Waals surface area contributed by atoms with Gasteiger partial charge in [0, 0.05) is 18.2 Å². The predicted octanol–water partition coefficient (Wildman–Crippen LogP) is 3.67. The molecule has 0 spiro atoms. The summed E-state index contributed by atoms with van der Waals surface area (Å²) in [7, 11) is 0. The van der Waals surface area contributed by atoms with Crippen molar-refractivity contribution in [2.24, 2.45) is 16.6 Å². The third kappa shape index (κ3) is 10.3. The van der Waals surface area contributed by atoms with Crippen LogP contribution in [0.15, 0.2) is 29.3 Å². The number of carbonyl (C=O) groups excluding carboxylic acids is 1. The summed E-state index contributed by atoms with van der Waals surface area (Å²) in [6, 6.07) is 7.64. The Bertz CT molecular complexity index is 529. The second-order valence-corrected chi connectivity index (χ2v) is 6.63. The molecule has 142 valence electrons. The maximum Gasteiger partial charge on any atom is 0.248 e. The average molecular weight is 460 g/mol. The lowest BCUT2D eigenvalue weighted by molar-refractivity contribution is 0.100. The molecule has 0 aliphatic heterocycles. The Morgan fingerprint density at radius 3 is 2.32 bits per heavy atom. The van der Waals surface area contributed by atoms with E-state index in [4.69, 9.17) is 5.73 Å². The van der Waals surface area contributed by atoms with Gasteiger partial charge in [0.25, 0.3) is 0 Å². The first-order valence-electron chi connectivity index (χ1n) is 8.86. The van der Waals surface area contributed by atoms with Crippen molar-refractivity contribution >= 4 is 35.8 Å². The van der Waals surface area contributed by atoms with Gasteiger partial charge in [-0.05, 0) is 43.9 Å². The molecule has 0 aromatic heterocycles. The van der Waals surface area contributed by atoms with Crippen LogP contribution in [0.3, 0.4) is 0 Å². The smallest absolute Gasteiger partial charge is 0.248 e. The van der Waals surface area contributed by atoms with Gasteiger partial charge in [0.1, 0.15) is 0 Å². The van der Waals surface area contributed by atoms with E-state index in [1.807, 2.05) is 12.1 Å². The quantitative estimate of drug-likeness (QED) is 0.299. The average Bonchev–Trinajstić information content (AvgIpc) is 2.52. The molecule has 1 amide bonds. The number of amides is 1. The lowest BCUT2D eigenvalue weighted by atomic mass is 10.0. The van der Waals surface area contributed by atoms with E-state index in [2.05, 4.69) is 43.3 Å². The highest BCUT2D eigenvalue weighted by molar-refractivity contribution is 14.0. The number of rotatable bonds is 9. The lowest BCUT2D eigenvalue weighted by Gasteiger charge is -2.18. The molecule has 0 bridgehead atoms. The molecule has 0 radical (unpaired) electrons. The van der Waals surface area contributed by atoms with E-state index >= 15 is 0 Å². The molecular weight excluding hydrogens is 427 g/mol. The van der Waals surface area contributed by atoms with Crippen molar-refractivity contribution in [3.63, 3.8) is 0 Å². The standard InChI is InChI=1S/C19H32N4O.HI/c1-5-21-19(23-15(4)8-6-7-14(2)3)22-13-16-9-11-17(12-10-16)18(20)24;/h9-12,14-15H,5-8,13H2,1-4H3,(H2,20,24)(H2,21,22,23);1H. The second-order valence-electron chi connectivity index (χ2n) is 6.63. The van der Waals surface area contributed by atoms with E-state index in [1.54, 1.807) is 12.1 Å². The maximum absolute atomic E-state index is 11.1. The lowest BCUT2D eigenvalue weighted by Crippen LogP contribution is -2.42. The SMILES string of the molecule is CCNC(=NCc1ccc(C(N)=O)cc1)NC(C)CCCC(C)C.I. The Hall–Kier alpha value is -1.31. The minimum absolute atomic E-state index is 0. The van der Waals surface area contributed by atoms with Crippen molar-refractivity contribution in [3.8, 4) is 0 Å². The molecule has 1 rings (SSSR count). The molecule has 0 heterocycles. The summed E-state index contributed by atoms with van der Waals surface area (Å²) in [6.07, 6.45) is 3.61. The van der Waals surface area contributed by atoms with Crippen LogP contribution in [0.2, 0.25) is 0 Å². The van der Waals surface area contributed by atoms with Gasteiger partial charge in [-0.2, -0.15) is 0 Å². The van der Waals surface area contributed by atoms with Gasteiger partial charge in [-0.3, -0.25) is 4.79 Å². The number of aliphatic imine (C=N–C) groups is 1. The Morgan fingerprint density at radius 2 is 1.80 bits per heavy atom.